The van der Waals surface area contributed by atoms with Crippen molar-refractivity contribution in [3.05, 3.63) is 34.3 Å². The van der Waals surface area contributed by atoms with Gasteiger partial charge < -0.3 is 5.32 Å². The lowest BCUT2D eigenvalue weighted by Crippen LogP contribution is -2.60. The molecule has 118 valence electrons. The Labute approximate surface area is 138 Å². The predicted molar refractivity (Wildman–Crippen MR) is 94.8 cm³/mol. The highest BCUT2D eigenvalue weighted by Crippen LogP contribution is 2.39. The molecule has 1 fully saturated rings. The molecule has 1 aromatic carbocycles. The summed E-state index contributed by atoms with van der Waals surface area (Å²) in [4.78, 5) is 2.69. The number of likely N-dealkylation sites (N-methyl/N-ethyl adjacent to an activating group) is 2. The normalized spacial score (nSPS) is 19.1. The van der Waals surface area contributed by atoms with Crippen molar-refractivity contribution >= 4 is 15.9 Å². The minimum atomic E-state index is 0.334. The van der Waals surface area contributed by atoms with E-state index in [0.29, 0.717) is 11.6 Å². The summed E-state index contributed by atoms with van der Waals surface area (Å²) in [5, 5.41) is 3.64. The minimum Gasteiger partial charge on any atom is -0.315 e. The Hall–Kier alpha value is -0.380. The highest BCUT2D eigenvalue weighted by molar-refractivity contribution is 9.10. The van der Waals surface area contributed by atoms with Crippen LogP contribution in [0.25, 0.3) is 0 Å². The number of hydrogen-bond donors (Lipinski definition) is 1. The maximum Gasteiger partial charge on any atom is 0.0365 e. The summed E-state index contributed by atoms with van der Waals surface area (Å²) < 4.78 is 1.18. The second kappa shape index (κ2) is 7.75. The first-order valence-corrected chi connectivity index (χ1v) is 9.12. The lowest BCUT2D eigenvalue weighted by atomic mass is 9.82. The molecule has 1 N–H and O–H groups in total. The standard InChI is InChI=1S/C18H29BrN2/c1-4-21(5-2)18(11-6-7-12-18)17(20-3)14-15-9-8-10-16(19)13-15/h8-10,13,17,20H,4-7,11-12,14H2,1-3H3. The van der Waals surface area contributed by atoms with Crippen LogP contribution in [0.3, 0.4) is 0 Å². The zero-order valence-corrected chi connectivity index (χ0v) is 15.2. The highest BCUT2D eigenvalue weighted by atomic mass is 79.9. The molecule has 1 atom stereocenters. The Morgan fingerprint density at radius 1 is 1.24 bits per heavy atom. The summed E-state index contributed by atoms with van der Waals surface area (Å²) in [7, 11) is 2.13. The zero-order valence-electron chi connectivity index (χ0n) is 13.7. The third-order valence-electron chi connectivity index (χ3n) is 5.19. The molecule has 0 aliphatic heterocycles. The average Bonchev–Trinajstić information content (AvgIpc) is 2.96. The Kier molecular flexibility index (Phi) is 6.27. The SMILES string of the molecule is CCN(CC)C1(C(Cc2cccc(Br)c2)NC)CCCC1. The summed E-state index contributed by atoms with van der Waals surface area (Å²) in [6.07, 6.45) is 6.50. The lowest BCUT2D eigenvalue weighted by molar-refractivity contribution is 0.0658. The van der Waals surface area contributed by atoms with E-state index < -0.39 is 0 Å². The van der Waals surface area contributed by atoms with Gasteiger partial charge in [0.1, 0.15) is 0 Å². The molecule has 21 heavy (non-hydrogen) atoms. The maximum absolute atomic E-state index is 3.64. The molecule has 0 saturated heterocycles. The molecule has 1 aliphatic rings. The molecule has 0 radical (unpaired) electrons. The number of rotatable bonds is 7. The zero-order chi connectivity index (χ0) is 15.3. The van der Waals surface area contributed by atoms with Gasteiger partial charge in [0.05, 0.1) is 0 Å². The molecule has 1 saturated carbocycles. The molecule has 2 nitrogen and oxygen atoms in total. The van der Waals surface area contributed by atoms with E-state index in [2.05, 4.69) is 71.3 Å². The molecular weight excluding hydrogens is 324 g/mol. The van der Waals surface area contributed by atoms with Gasteiger partial charge in [-0.2, -0.15) is 0 Å². The molecule has 3 heteroatoms. The van der Waals surface area contributed by atoms with E-state index >= 15 is 0 Å². The minimum absolute atomic E-state index is 0.334. The van der Waals surface area contributed by atoms with Crippen molar-refractivity contribution in [2.45, 2.75) is 57.5 Å². The van der Waals surface area contributed by atoms with Gasteiger partial charge in [-0.15, -0.1) is 0 Å². The lowest BCUT2D eigenvalue weighted by Gasteiger charge is -2.46. The van der Waals surface area contributed by atoms with Crippen LogP contribution in [-0.4, -0.2) is 36.6 Å². The van der Waals surface area contributed by atoms with Crippen molar-refractivity contribution in [2.24, 2.45) is 0 Å². The Balaban J connectivity index is 2.24. The van der Waals surface area contributed by atoms with Crippen LogP contribution in [0.1, 0.15) is 45.1 Å². The number of hydrogen-bond acceptors (Lipinski definition) is 2. The summed E-state index contributed by atoms with van der Waals surface area (Å²) in [6.45, 7) is 6.89. The number of nitrogens with one attached hydrogen (secondary N) is 1. The van der Waals surface area contributed by atoms with E-state index in [1.54, 1.807) is 0 Å². The van der Waals surface area contributed by atoms with Crippen LogP contribution in [0.5, 0.6) is 0 Å². The molecule has 1 aliphatic carbocycles. The molecule has 2 rings (SSSR count). The fourth-order valence-corrected chi connectivity index (χ4v) is 4.63. The van der Waals surface area contributed by atoms with E-state index in [1.165, 1.54) is 35.7 Å². The molecule has 1 unspecified atom stereocenters. The van der Waals surface area contributed by atoms with Crippen LogP contribution in [0, 0.1) is 0 Å². The number of benzene rings is 1. The number of nitrogens with zero attached hydrogens (tertiary/aromatic N) is 1. The van der Waals surface area contributed by atoms with Crippen molar-refractivity contribution < 1.29 is 0 Å². The third kappa shape index (κ3) is 3.69. The van der Waals surface area contributed by atoms with Gasteiger partial charge in [-0.25, -0.2) is 0 Å². The Morgan fingerprint density at radius 3 is 2.43 bits per heavy atom. The van der Waals surface area contributed by atoms with Crippen LogP contribution in [-0.2, 0) is 6.42 Å². The first kappa shape index (κ1) is 17.0. The monoisotopic (exact) mass is 352 g/mol. The van der Waals surface area contributed by atoms with Gasteiger partial charge in [-0.05, 0) is 57.1 Å². The molecule has 0 heterocycles. The van der Waals surface area contributed by atoms with Crippen molar-refractivity contribution in [1.29, 1.82) is 0 Å². The van der Waals surface area contributed by atoms with Gasteiger partial charge in [0.25, 0.3) is 0 Å². The summed E-state index contributed by atoms with van der Waals surface area (Å²) >= 11 is 3.60. The van der Waals surface area contributed by atoms with Gasteiger partial charge in [-0.3, -0.25) is 4.90 Å². The maximum atomic E-state index is 3.64. The van der Waals surface area contributed by atoms with E-state index in [-0.39, 0.29) is 0 Å². The van der Waals surface area contributed by atoms with Gasteiger partial charge in [0.15, 0.2) is 0 Å². The fraction of sp³-hybridized carbons (Fsp3) is 0.667. The molecule has 0 amide bonds. The van der Waals surface area contributed by atoms with Crippen molar-refractivity contribution in [1.82, 2.24) is 10.2 Å². The second-order valence-corrected chi connectivity index (χ2v) is 7.07. The Morgan fingerprint density at radius 2 is 1.90 bits per heavy atom. The first-order valence-electron chi connectivity index (χ1n) is 8.33. The first-order chi connectivity index (χ1) is 10.2. The van der Waals surface area contributed by atoms with Crippen LogP contribution in [0.4, 0.5) is 0 Å². The molecule has 0 bridgehead atoms. The summed E-state index contributed by atoms with van der Waals surface area (Å²) in [6, 6.07) is 9.28. The van der Waals surface area contributed by atoms with Crippen molar-refractivity contribution in [2.75, 3.05) is 20.1 Å². The van der Waals surface area contributed by atoms with Gasteiger partial charge in [0.2, 0.25) is 0 Å². The van der Waals surface area contributed by atoms with E-state index in [0.717, 1.165) is 19.5 Å². The molecule has 1 aromatic rings. The summed E-state index contributed by atoms with van der Waals surface area (Å²) in [5.41, 5.74) is 1.75. The van der Waals surface area contributed by atoms with Crippen LogP contribution >= 0.6 is 15.9 Å². The predicted octanol–water partition coefficient (Wildman–Crippen LogP) is 4.23. The van der Waals surface area contributed by atoms with Gasteiger partial charge >= 0.3 is 0 Å². The number of halogens is 1. The highest BCUT2D eigenvalue weighted by Gasteiger charge is 2.44. The van der Waals surface area contributed by atoms with Gasteiger partial charge in [-0.1, -0.05) is 54.8 Å². The molecule has 0 aromatic heterocycles. The van der Waals surface area contributed by atoms with Gasteiger partial charge in [0, 0.05) is 16.1 Å². The molecular formula is C18H29BrN2. The van der Waals surface area contributed by atoms with E-state index in [9.17, 15) is 0 Å². The third-order valence-corrected chi connectivity index (χ3v) is 5.68. The second-order valence-electron chi connectivity index (χ2n) is 6.16. The van der Waals surface area contributed by atoms with E-state index in [4.69, 9.17) is 0 Å². The quantitative estimate of drug-likeness (QED) is 0.789. The molecule has 0 spiro atoms. The fourth-order valence-electron chi connectivity index (χ4n) is 4.19. The average molecular weight is 353 g/mol. The van der Waals surface area contributed by atoms with Crippen LogP contribution in [0.15, 0.2) is 28.7 Å². The van der Waals surface area contributed by atoms with Crippen LogP contribution < -0.4 is 5.32 Å². The summed E-state index contributed by atoms with van der Waals surface area (Å²) in [5.74, 6) is 0. The topological polar surface area (TPSA) is 15.3 Å². The smallest absolute Gasteiger partial charge is 0.0365 e. The van der Waals surface area contributed by atoms with Crippen molar-refractivity contribution in [3.63, 3.8) is 0 Å². The Bertz CT molecular complexity index is 437. The van der Waals surface area contributed by atoms with E-state index in [1.807, 2.05) is 0 Å². The van der Waals surface area contributed by atoms with Crippen LogP contribution in [0.2, 0.25) is 0 Å². The largest absolute Gasteiger partial charge is 0.315 e. The van der Waals surface area contributed by atoms with Crippen molar-refractivity contribution in [3.8, 4) is 0 Å².